The third kappa shape index (κ3) is 4.91. The molecular formula is C20H22N2O5. The van der Waals surface area contributed by atoms with Crippen LogP contribution in [-0.4, -0.2) is 30.2 Å². The zero-order valence-electron chi connectivity index (χ0n) is 15.1. The molecule has 2 aromatic carbocycles. The first-order valence-corrected chi connectivity index (χ1v) is 8.88. The van der Waals surface area contributed by atoms with Crippen LogP contribution in [0, 0.1) is 0 Å². The van der Waals surface area contributed by atoms with Crippen LogP contribution in [0.5, 0.6) is 11.5 Å². The van der Waals surface area contributed by atoms with E-state index in [4.69, 9.17) is 13.9 Å². The summed E-state index contributed by atoms with van der Waals surface area (Å²) in [6.07, 6.45) is 0.187. The fourth-order valence-corrected chi connectivity index (χ4v) is 2.69. The molecule has 142 valence electrons. The minimum absolute atomic E-state index is 0.150. The predicted molar refractivity (Wildman–Crippen MR) is 101 cm³/mol. The average Bonchev–Trinajstić information content (AvgIpc) is 3.00. The molecule has 3 aromatic rings. The number of hydrogen-bond acceptors (Lipinski definition) is 5. The second-order valence-electron chi connectivity index (χ2n) is 5.84. The quantitative estimate of drug-likeness (QED) is 0.586. The number of para-hydroxylation sites is 2. The van der Waals surface area contributed by atoms with Crippen LogP contribution in [-0.2, 0) is 11.3 Å². The Bertz CT molecular complexity index is 943. The van der Waals surface area contributed by atoms with Crippen molar-refractivity contribution in [2.75, 3.05) is 19.8 Å². The lowest BCUT2D eigenvalue weighted by Gasteiger charge is -2.09. The highest BCUT2D eigenvalue weighted by molar-refractivity contribution is 5.76. The minimum atomic E-state index is -0.456. The van der Waals surface area contributed by atoms with Gasteiger partial charge in [0.15, 0.2) is 5.58 Å². The van der Waals surface area contributed by atoms with Crippen molar-refractivity contribution in [3.8, 4) is 11.5 Å². The lowest BCUT2D eigenvalue weighted by molar-refractivity contribution is -0.121. The summed E-state index contributed by atoms with van der Waals surface area (Å²) in [6.45, 7) is 3.55. The Hall–Kier alpha value is -3.22. The smallest absolute Gasteiger partial charge is 0.419 e. The Morgan fingerprint density at radius 2 is 1.78 bits per heavy atom. The molecule has 0 aliphatic carbocycles. The van der Waals surface area contributed by atoms with Gasteiger partial charge < -0.3 is 19.2 Å². The summed E-state index contributed by atoms with van der Waals surface area (Å²) < 4.78 is 17.6. The highest BCUT2D eigenvalue weighted by atomic mass is 16.5. The SMILES string of the molecule is CCOc1ccc(OCCNC(=O)CCn2c(=O)oc3ccccc32)cc1. The van der Waals surface area contributed by atoms with Gasteiger partial charge in [-0.1, -0.05) is 12.1 Å². The molecule has 0 unspecified atom stereocenters. The van der Waals surface area contributed by atoms with Crippen LogP contribution in [0.1, 0.15) is 13.3 Å². The van der Waals surface area contributed by atoms with Crippen molar-refractivity contribution in [3.63, 3.8) is 0 Å². The zero-order valence-corrected chi connectivity index (χ0v) is 15.1. The number of nitrogens with zero attached hydrogens (tertiary/aromatic N) is 1. The van der Waals surface area contributed by atoms with E-state index < -0.39 is 5.76 Å². The third-order valence-electron chi connectivity index (χ3n) is 3.96. The van der Waals surface area contributed by atoms with Crippen molar-refractivity contribution in [2.24, 2.45) is 0 Å². The molecule has 0 saturated heterocycles. The number of amides is 1. The predicted octanol–water partition coefficient (Wildman–Crippen LogP) is 2.58. The van der Waals surface area contributed by atoms with Crippen LogP contribution in [0.3, 0.4) is 0 Å². The molecule has 0 saturated carbocycles. The van der Waals surface area contributed by atoms with Gasteiger partial charge in [-0.2, -0.15) is 0 Å². The van der Waals surface area contributed by atoms with Gasteiger partial charge in [0.05, 0.1) is 18.7 Å². The van der Waals surface area contributed by atoms with E-state index in [1.54, 1.807) is 18.2 Å². The van der Waals surface area contributed by atoms with Gasteiger partial charge >= 0.3 is 5.76 Å². The number of nitrogens with one attached hydrogen (secondary N) is 1. The number of carbonyl (C=O) groups is 1. The van der Waals surface area contributed by atoms with Crippen molar-refractivity contribution in [1.82, 2.24) is 9.88 Å². The molecule has 0 radical (unpaired) electrons. The maximum absolute atomic E-state index is 12.0. The molecule has 1 amide bonds. The van der Waals surface area contributed by atoms with Crippen LogP contribution in [0.25, 0.3) is 11.1 Å². The molecule has 0 aliphatic rings. The van der Waals surface area contributed by atoms with E-state index in [1.165, 1.54) is 4.57 Å². The standard InChI is InChI=1S/C20H22N2O5/c1-2-25-15-7-9-16(10-8-15)26-14-12-21-19(23)11-13-22-17-5-3-4-6-18(17)27-20(22)24/h3-10H,2,11-14H2,1H3,(H,21,23). The molecule has 7 nitrogen and oxygen atoms in total. The van der Waals surface area contributed by atoms with E-state index in [9.17, 15) is 9.59 Å². The highest BCUT2D eigenvalue weighted by Gasteiger charge is 2.10. The van der Waals surface area contributed by atoms with Gasteiger partial charge in [0.1, 0.15) is 18.1 Å². The second kappa shape index (κ2) is 8.93. The molecule has 0 aliphatic heterocycles. The van der Waals surface area contributed by atoms with E-state index >= 15 is 0 Å². The molecule has 0 fully saturated rings. The van der Waals surface area contributed by atoms with E-state index in [1.807, 2.05) is 37.3 Å². The first-order valence-electron chi connectivity index (χ1n) is 8.88. The molecule has 0 bridgehead atoms. The van der Waals surface area contributed by atoms with Gasteiger partial charge in [-0.05, 0) is 43.3 Å². The first-order chi connectivity index (χ1) is 13.2. The van der Waals surface area contributed by atoms with Gasteiger partial charge in [-0.15, -0.1) is 0 Å². The van der Waals surface area contributed by atoms with Crippen LogP contribution in [0.2, 0.25) is 0 Å². The number of benzene rings is 2. The number of aromatic nitrogens is 1. The lowest BCUT2D eigenvalue weighted by atomic mass is 10.3. The summed E-state index contributed by atoms with van der Waals surface area (Å²) >= 11 is 0. The van der Waals surface area contributed by atoms with Crippen molar-refractivity contribution in [1.29, 1.82) is 0 Å². The summed E-state index contributed by atoms with van der Waals surface area (Å²) in [5.74, 6) is 0.898. The number of oxazole rings is 1. The summed E-state index contributed by atoms with van der Waals surface area (Å²) in [5.41, 5.74) is 1.21. The van der Waals surface area contributed by atoms with E-state index in [2.05, 4.69) is 5.32 Å². The highest BCUT2D eigenvalue weighted by Crippen LogP contribution is 2.17. The Kier molecular flexibility index (Phi) is 6.14. The maximum atomic E-state index is 12.0. The van der Waals surface area contributed by atoms with E-state index in [0.29, 0.717) is 36.6 Å². The van der Waals surface area contributed by atoms with Crippen LogP contribution < -0.4 is 20.5 Å². The number of carbonyl (C=O) groups excluding carboxylic acids is 1. The summed E-state index contributed by atoms with van der Waals surface area (Å²) in [6, 6.07) is 14.5. The summed E-state index contributed by atoms with van der Waals surface area (Å²) in [5, 5.41) is 2.78. The Balaban J connectivity index is 1.41. The second-order valence-corrected chi connectivity index (χ2v) is 5.84. The molecule has 1 N–H and O–H groups in total. The molecule has 7 heteroatoms. The average molecular weight is 370 g/mol. The monoisotopic (exact) mass is 370 g/mol. The number of rotatable bonds is 9. The molecule has 0 spiro atoms. The maximum Gasteiger partial charge on any atom is 0.419 e. The fourth-order valence-electron chi connectivity index (χ4n) is 2.69. The van der Waals surface area contributed by atoms with Crippen molar-refractivity contribution in [3.05, 3.63) is 59.1 Å². The summed E-state index contributed by atoms with van der Waals surface area (Å²) in [7, 11) is 0. The first kappa shape index (κ1) is 18.6. The largest absolute Gasteiger partial charge is 0.494 e. The number of ether oxygens (including phenoxy) is 2. The van der Waals surface area contributed by atoms with Crippen LogP contribution in [0.15, 0.2) is 57.7 Å². The van der Waals surface area contributed by atoms with Gasteiger partial charge in [0.2, 0.25) is 5.91 Å². The zero-order chi connectivity index (χ0) is 19.1. The lowest BCUT2D eigenvalue weighted by Crippen LogP contribution is -2.29. The van der Waals surface area contributed by atoms with Crippen molar-refractivity contribution >= 4 is 17.0 Å². The van der Waals surface area contributed by atoms with E-state index in [0.717, 1.165) is 5.75 Å². The number of hydrogen-bond donors (Lipinski definition) is 1. The van der Waals surface area contributed by atoms with E-state index in [-0.39, 0.29) is 18.9 Å². The van der Waals surface area contributed by atoms with Gasteiger partial charge in [-0.25, -0.2) is 4.79 Å². The topological polar surface area (TPSA) is 82.7 Å². The van der Waals surface area contributed by atoms with Crippen molar-refractivity contribution in [2.45, 2.75) is 19.9 Å². The van der Waals surface area contributed by atoms with Crippen molar-refractivity contribution < 1.29 is 18.7 Å². The fraction of sp³-hybridized carbons (Fsp3) is 0.300. The van der Waals surface area contributed by atoms with Crippen LogP contribution in [0.4, 0.5) is 0 Å². The molecule has 3 rings (SSSR count). The Labute approximate surface area is 156 Å². The Morgan fingerprint density at radius 1 is 1.07 bits per heavy atom. The number of aryl methyl sites for hydroxylation is 1. The molecular weight excluding hydrogens is 348 g/mol. The summed E-state index contributed by atoms with van der Waals surface area (Å²) in [4.78, 5) is 23.9. The van der Waals surface area contributed by atoms with Gasteiger partial charge in [-0.3, -0.25) is 9.36 Å². The number of fused-ring (bicyclic) bond motifs is 1. The third-order valence-corrected chi connectivity index (χ3v) is 3.96. The normalized spacial score (nSPS) is 10.7. The molecule has 1 aromatic heterocycles. The molecule has 27 heavy (non-hydrogen) atoms. The minimum Gasteiger partial charge on any atom is -0.494 e. The van der Waals surface area contributed by atoms with Crippen LogP contribution >= 0.6 is 0 Å². The molecule has 0 atom stereocenters. The Morgan fingerprint density at radius 3 is 2.52 bits per heavy atom. The van der Waals surface area contributed by atoms with Gasteiger partial charge in [0, 0.05) is 13.0 Å². The van der Waals surface area contributed by atoms with Gasteiger partial charge in [0.25, 0.3) is 0 Å². The molecule has 1 heterocycles.